The molecule has 0 atom stereocenters. The van der Waals surface area contributed by atoms with Crippen molar-refractivity contribution in [2.75, 3.05) is 5.32 Å². The number of carboxylic acids is 1. The third-order valence-electron chi connectivity index (χ3n) is 2.62. The molecule has 0 aliphatic rings. The Morgan fingerprint density at radius 1 is 1.50 bits per heavy atom. The molecule has 0 bridgehead atoms. The third-order valence-corrected chi connectivity index (χ3v) is 3.47. The van der Waals surface area contributed by atoms with Crippen molar-refractivity contribution in [3.8, 4) is 0 Å². The molecule has 0 aliphatic carbocycles. The first-order chi connectivity index (χ1) is 9.65. The number of rotatable bonds is 4. The Balaban J connectivity index is 1.82. The van der Waals surface area contributed by atoms with Crippen LogP contribution in [0, 0.1) is 6.92 Å². The molecule has 0 fully saturated rings. The van der Waals surface area contributed by atoms with Crippen molar-refractivity contribution in [2.24, 2.45) is 0 Å². The molecule has 0 radical (unpaired) electrons. The van der Waals surface area contributed by atoms with Gasteiger partial charge in [-0.05, 0) is 6.92 Å². The first-order valence-electron chi connectivity index (χ1n) is 5.63. The van der Waals surface area contributed by atoms with Crippen LogP contribution in [-0.2, 0) is 6.54 Å². The zero-order chi connectivity index (χ0) is 14.1. The molecule has 0 aliphatic heterocycles. The van der Waals surface area contributed by atoms with Crippen LogP contribution < -0.4 is 5.32 Å². The van der Waals surface area contributed by atoms with E-state index in [1.165, 1.54) is 23.0 Å². The lowest BCUT2D eigenvalue weighted by Crippen LogP contribution is -2.03. The van der Waals surface area contributed by atoms with Gasteiger partial charge >= 0.3 is 5.97 Å². The molecule has 102 valence electrons. The second-order valence-electron chi connectivity index (χ2n) is 3.96. The summed E-state index contributed by atoms with van der Waals surface area (Å²) in [6, 6.07) is 0. The molecule has 0 unspecified atom stereocenters. The number of carbonyl (C=O) groups is 1. The summed E-state index contributed by atoms with van der Waals surface area (Å²) in [6.45, 7) is 2.17. The zero-order valence-corrected chi connectivity index (χ0v) is 11.1. The molecule has 0 spiro atoms. The van der Waals surface area contributed by atoms with E-state index in [1.54, 1.807) is 6.92 Å². The van der Waals surface area contributed by atoms with Crippen molar-refractivity contribution in [2.45, 2.75) is 13.5 Å². The summed E-state index contributed by atoms with van der Waals surface area (Å²) in [4.78, 5) is 22.9. The molecule has 0 aromatic carbocycles. The quantitative estimate of drug-likeness (QED) is 0.746. The molecule has 0 saturated carbocycles. The smallest absolute Gasteiger partial charge is 0.355 e. The lowest BCUT2D eigenvalue weighted by atomic mass is 10.3. The van der Waals surface area contributed by atoms with Gasteiger partial charge in [-0.3, -0.25) is 0 Å². The lowest BCUT2D eigenvalue weighted by Gasteiger charge is -2.03. The Morgan fingerprint density at radius 3 is 3.10 bits per heavy atom. The predicted octanol–water partition coefficient (Wildman–Crippen LogP) is 1.69. The van der Waals surface area contributed by atoms with Crippen LogP contribution in [0.5, 0.6) is 0 Å². The summed E-state index contributed by atoms with van der Waals surface area (Å²) >= 11 is 1.27. The van der Waals surface area contributed by atoms with Gasteiger partial charge in [0.2, 0.25) is 0 Å². The highest BCUT2D eigenvalue weighted by Crippen LogP contribution is 2.23. The third kappa shape index (κ3) is 2.18. The number of thiazole rings is 1. The highest BCUT2D eigenvalue weighted by atomic mass is 32.1. The normalized spacial score (nSPS) is 10.8. The first kappa shape index (κ1) is 12.5. The molecule has 2 N–H and O–H groups in total. The number of fused-ring (bicyclic) bond motifs is 1. The average molecular weight is 291 g/mol. The minimum Gasteiger partial charge on any atom is -0.476 e. The van der Waals surface area contributed by atoms with E-state index in [0.717, 1.165) is 0 Å². The molecule has 3 aromatic heterocycles. The number of nitrogens with zero attached hydrogens (tertiary/aromatic N) is 4. The fourth-order valence-corrected chi connectivity index (χ4v) is 2.41. The van der Waals surface area contributed by atoms with Crippen LogP contribution in [0.3, 0.4) is 0 Å². The molecular formula is C11H9N5O3S. The molecule has 9 heteroatoms. The summed E-state index contributed by atoms with van der Waals surface area (Å²) in [5.41, 5.74) is 1.14. The van der Waals surface area contributed by atoms with E-state index in [2.05, 4.69) is 25.4 Å². The predicted molar refractivity (Wildman–Crippen MR) is 70.7 cm³/mol. The number of aromatic nitrogens is 4. The van der Waals surface area contributed by atoms with Gasteiger partial charge in [-0.2, -0.15) is 4.98 Å². The largest absolute Gasteiger partial charge is 0.476 e. The Kier molecular flexibility index (Phi) is 3.03. The Morgan fingerprint density at radius 2 is 2.35 bits per heavy atom. The summed E-state index contributed by atoms with van der Waals surface area (Å²) in [5.74, 6) is -0.451. The number of carboxylic acid groups (broad SMARTS) is 1. The van der Waals surface area contributed by atoms with Crippen molar-refractivity contribution in [3.63, 3.8) is 0 Å². The number of aromatic carboxylic acids is 1. The van der Waals surface area contributed by atoms with E-state index in [4.69, 9.17) is 9.63 Å². The topological polar surface area (TPSA) is 114 Å². The zero-order valence-electron chi connectivity index (χ0n) is 10.3. The van der Waals surface area contributed by atoms with Gasteiger partial charge in [0.25, 0.3) is 5.71 Å². The van der Waals surface area contributed by atoms with Crippen LogP contribution in [0.15, 0.2) is 16.2 Å². The number of hydrogen-bond acceptors (Lipinski definition) is 8. The van der Waals surface area contributed by atoms with Crippen molar-refractivity contribution in [3.05, 3.63) is 28.1 Å². The standard InChI is InChI=1S/C11H9N5O3S/c1-5-8-9(13-4-14-10(8)19-16-5)12-2-7-15-6(3-20-7)11(17)18/h3-4H,2H2,1H3,(H,17,18)(H,12,13,14). The molecule has 3 heterocycles. The monoisotopic (exact) mass is 291 g/mol. The number of anilines is 1. The van der Waals surface area contributed by atoms with Gasteiger partial charge in [0.1, 0.15) is 22.5 Å². The van der Waals surface area contributed by atoms with Gasteiger partial charge in [-0.15, -0.1) is 11.3 Å². The minimum absolute atomic E-state index is 0.0424. The Hall–Kier alpha value is -2.55. The molecule has 20 heavy (non-hydrogen) atoms. The highest BCUT2D eigenvalue weighted by Gasteiger charge is 2.13. The van der Waals surface area contributed by atoms with E-state index < -0.39 is 5.97 Å². The molecule has 8 nitrogen and oxygen atoms in total. The van der Waals surface area contributed by atoms with E-state index in [1.807, 2.05) is 0 Å². The second kappa shape index (κ2) is 4.85. The van der Waals surface area contributed by atoms with Crippen LogP contribution in [0.4, 0.5) is 5.82 Å². The second-order valence-corrected chi connectivity index (χ2v) is 4.90. The molecule has 0 amide bonds. The summed E-state index contributed by atoms with van der Waals surface area (Å²) in [7, 11) is 0. The van der Waals surface area contributed by atoms with Gasteiger partial charge in [-0.25, -0.2) is 14.8 Å². The van der Waals surface area contributed by atoms with Crippen molar-refractivity contribution in [1.82, 2.24) is 20.1 Å². The van der Waals surface area contributed by atoms with Crippen LogP contribution in [-0.4, -0.2) is 31.2 Å². The van der Waals surface area contributed by atoms with Crippen LogP contribution in [0.2, 0.25) is 0 Å². The molecule has 3 aromatic rings. The van der Waals surface area contributed by atoms with Gasteiger partial charge in [0, 0.05) is 5.38 Å². The van der Waals surface area contributed by atoms with E-state index >= 15 is 0 Å². The Bertz CT molecular complexity index is 781. The van der Waals surface area contributed by atoms with Crippen LogP contribution in [0.25, 0.3) is 11.1 Å². The van der Waals surface area contributed by atoms with Crippen molar-refractivity contribution >= 4 is 34.2 Å². The summed E-state index contributed by atoms with van der Waals surface area (Å²) in [6.07, 6.45) is 1.37. The lowest BCUT2D eigenvalue weighted by molar-refractivity contribution is 0.0691. The average Bonchev–Trinajstić information content (AvgIpc) is 3.04. The summed E-state index contributed by atoms with van der Waals surface area (Å²) < 4.78 is 5.05. The fourth-order valence-electron chi connectivity index (χ4n) is 1.71. The van der Waals surface area contributed by atoms with Crippen molar-refractivity contribution < 1.29 is 14.4 Å². The first-order valence-corrected chi connectivity index (χ1v) is 6.51. The maximum absolute atomic E-state index is 10.8. The van der Waals surface area contributed by atoms with E-state index in [0.29, 0.717) is 34.2 Å². The SMILES string of the molecule is Cc1noc2ncnc(NCc3nc(C(=O)O)cs3)c12. The van der Waals surface area contributed by atoms with Crippen molar-refractivity contribution in [1.29, 1.82) is 0 Å². The fraction of sp³-hybridized carbons (Fsp3) is 0.182. The molecular weight excluding hydrogens is 282 g/mol. The maximum atomic E-state index is 10.8. The number of nitrogens with one attached hydrogen (secondary N) is 1. The van der Waals surface area contributed by atoms with Gasteiger partial charge in [-0.1, -0.05) is 5.16 Å². The van der Waals surface area contributed by atoms with Gasteiger partial charge in [0.05, 0.1) is 12.2 Å². The van der Waals surface area contributed by atoms with Crippen LogP contribution >= 0.6 is 11.3 Å². The van der Waals surface area contributed by atoms with Gasteiger partial charge in [0.15, 0.2) is 5.69 Å². The molecule has 0 saturated heterocycles. The van der Waals surface area contributed by atoms with Gasteiger partial charge < -0.3 is 14.9 Å². The van der Waals surface area contributed by atoms with E-state index in [9.17, 15) is 4.79 Å². The Labute approximate surface area is 116 Å². The number of aryl methyl sites for hydroxylation is 1. The number of hydrogen-bond donors (Lipinski definition) is 2. The molecule has 3 rings (SSSR count). The van der Waals surface area contributed by atoms with Crippen LogP contribution in [0.1, 0.15) is 21.2 Å². The summed E-state index contributed by atoms with van der Waals surface area (Å²) in [5, 5.41) is 18.6. The highest BCUT2D eigenvalue weighted by molar-refractivity contribution is 7.09. The maximum Gasteiger partial charge on any atom is 0.355 e. The van der Waals surface area contributed by atoms with E-state index in [-0.39, 0.29) is 5.69 Å². The minimum atomic E-state index is -1.04.